The quantitative estimate of drug-likeness (QED) is 0.380. The number of hydrogen-bond acceptors (Lipinski definition) is 5. The van der Waals surface area contributed by atoms with E-state index >= 15 is 0 Å². The number of anilines is 1. The van der Waals surface area contributed by atoms with E-state index in [1.807, 2.05) is 19.3 Å². The molecule has 0 spiro atoms. The van der Waals surface area contributed by atoms with E-state index < -0.39 is 11.0 Å². The molecule has 3 aromatic rings. The number of carbonyl (C=O) groups is 1. The van der Waals surface area contributed by atoms with E-state index in [0.29, 0.717) is 11.3 Å². The van der Waals surface area contributed by atoms with Gasteiger partial charge in [0.15, 0.2) is 5.78 Å². The van der Waals surface area contributed by atoms with Crippen LogP contribution in [-0.4, -0.2) is 26.9 Å². The van der Waals surface area contributed by atoms with E-state index in [2.05, 4.69) is 5.32 Å². The first kappa shape index (κ1) is 18.3. The molecular formula is C20H19N3O4. The SMILES string of the molecule is Cn1cccc1[C@@H](O)CNc1ccc(C(=O)c2ccccc2)cc1[N+](=O)[O-]. The number of nitrogens with zero attached hydrogens (tertiary/aromatic N) is 2. The minimum Gasteiger partial charge on any atom is -0.385 e. The molecule has 138 valence electrons. The Morgan fingerprint density at radius 3 is 2.52 bits per heavy atom. The van der Waals surface area contributed by atoms with Gasteiger partial charge < -0.3 is 15.0 Å². The Balaban J connectivity index is 1.81. The highest BCUT2D eigenvalue weighted by Crippen LogP contribution is 2.27. The number of ketones is 1. The van der Waals surface area contributed by atoms with Gasteiger partial charge in [-0.2, -0.15) is 0 Å². The van der Waals surface area contributed by atoms with Gasteiger partial charge in [0.2, 0.25) is 0 Å². The Bertz CT molecular complexity index is 966. The maximum Gasteiger partial charge on any atom is 0.293 e. The third kappa shape index (κ3) is 4.04. The standard InChI is InChI=1S/C20H19N3O4/c1-22-11-5-8-17(22)19(24)13-21-16-10-9-15(12-18(16)23(26)27)20(25)14-6-3-2-4-7-14/h2-12,19,21,24H,13H2,1H3/t19-/m0/s1. The number of aromatic nitrogens is 1. The van der Waals surface area contributed by atoms with Crippen molar-refractivity contribution in [2.24, 2.45) is 7.05 Å². The van der Waals surface area contributed by atoms with Crippen molar-refractivity contribution in [3.8, 4) is 0 Å². The monoisotopic (exact) mass is 365 g/mol. The zero-order chi connectivity index (χ0) is 19.4. The summed E-state index contributed by atoms with van der Waals surface area (Å²) in [5.41, 5.74) is 1.43. The third-order valence-electron chi connectivity index (χ3n) is 4.30. The molecule has 0 aliphatic carbocycles. The number of aliphatic hydroxyl groups excluding tert-OH is 1. The second-order valence-corrected chi connectivity index (χ2v) is 6.12. The van der Waals surface area contributed by atoms with Gasteiger partial charge in [-0.05, 0) is 24.3 Å². The molecule has 2 N–H and O–H groups in total. The lowest BCUT2D eigenvalue weighted by atomic mass is 10.0. The molecule has 0 aliphatic rings. The van der Waals surface area contributed by atoms with Crippen molar-refractivity contribution in [3.63, 3.8) is 0 Å². The minimum atomic E-state index is -0.824. The molecule has 0 radical (unpaired) electrons. The molecule has 3 rings (SSSR count). The smallest absolute Gasteiger partial charge is 0.293 e. The zero-order valence-electron chi connectivity index (χ0n) is 14.7. The Hall–Kier alpha value is -3.45. The summed E-state index contributed by atoms with van der Waals surface area (Å²) < 4.78 is 1.78. The molecule has 1 heterocycles. The largest absolute Gasteiger partial charge is 0.385 e. The summed E-state index contributed by atoms with van der Waals surface area (Å²) >= 11 is 0. The Labute approximate surface area is 156 Å². The van der Waals surface area contributed by atoms with Gasteiger partial charge in [-0.25, -0.2) is 0 Å². The highest BCUT2D eigenvalue weighted by molar-refractivity contribution is 6.09. The highest BCUT2D eigenvalue weighted by Gasteiger charge is 2.19. The first-order chi connectivity index (χ1) is 13.0. The van der Waals surface area contributed by atoms with Crippen LogP contribution < -0.4 is 5.32 Å². The van der Waals surface area contributed by atoms with Crippen LogP contribution in [0.15, 0.2) is 66.9 Å². The fourth-order valence-corrected chi connectivity index (χ4v) is 2.86. The predicted octanol–water partition coefficient (Wildman–Crippen LogP) is 3.31. The summed E-state index contributed by atoms with van der Waals surface area (Å²) in [4.78, 5) is 23.4. The summed E-state index contributed by atoms with van der Waals surface area (Å²) in [6.07, 6.45) is 0.987. The number of hydrogen-bond donors (Lipinski definition) is 2. The summed E-state index contributed by atoms with van der Waals surface area (Å²) in [7, 11) is 1.81. The van der Waals surface area contributed by atoms with Crippen LogP contribution in [0.25, 0.3) is 0 Å². The number of carbonyl (C=O) groups excluding carboxylic acids is 1. The van der Waals surface area contributed by atoms with Crippen LogP contribution >= 0.6 is 0 Å². The van der Waals surface area contributed by atoms with Gasteiger partial charge in [-0.1, -0.05) is 30.3 Å². The van der Waals surface area contributed by atoms with E-state index in [0.717, 1.165) is 0 Å². The van der Waals surface area contributed by atoms with Crippen LogP contribution in [0, 0.1) is 10.1 Å². The van der Waals surface area contributed by atoms with E-state index in [9.17, 15) is 20.0 Å². The molecule has 27 heavy (non-hydrogen) atoms. The van der Waals surface area contributed by atoms with Crippen LogP contribution in [0.4, 0.5) is 11.4 Å². The zero-order valence-corrected chi connectivity index (χ0v) is 14.7. The van der Waals surface area contributed by atoms with E-state index in [-0.39, 0.29) is 29.3 Å². The van der Waals surface area contributed by atoms with Gasteiger partial charge >= 0.3 is 0 Å². The predicted molar refractivity (Wildman–Crippen MR) is 102 cm³/mol. The van der Waals surface area contributed by atoms with E-state index in [4.69, 9.17) is 0 Å². The van der Waals surface area contributed by atoms with Crippen molar-refractivity contribution in [1.82, 2.24) is 4.57 Å². The topological polar surface area (TPSA) is 97.4 Å². The number of benzene rings is 2. The molecule has 7 heteroatoms. The Morgan fingerprint density at radius 1 is 1.15 bits per heavy atom. The molecule has 0 unspecified atom stereocenters. The average molecular weight is 365 g/mol. The number of rotatable bonds is 7. The maximum atomic E-state index is 12.5. The number of nitro benzene ring substituents is 1. The van der Waals surface area contributed by atoms with Crippen LogP contribution in [0.2, 0.25) is 0 Å². The van der Waals surface area contributed by atoms with Gasteiger partial charge in [-0.15, -0.1) is 0 Å². The number of aryl methyl sites for hydroxylation is 1. The first-order valence-electron chi connectivity index (χ1n) is 8.38. The Kier molecular flexibility index (Phi) is 5.33. The number of aliphatic hydroxyl groups is 1. The molecule has 0 saturated carbocycles. The van der Waals surface area contributed by atoms with Crippen molar-refractivity contribution >= 4 is 17.2 Å². The molecule has 1 atom stereocenters. The van der Waals surface area contributed by atoms with Crippen LogP contribution in [0.5, 0.6) is 0 Å². The summed E-state index contributed by atoms with van der Waals surface area (Å²) in [6, 6.07) is 16.5. The van der Waals surface area contributed by atoms with Gasteiger partial charge in [0.25, 0.3) is 5.69 Å². The van der Waals surface area contributed by atoms with Gasteiger partial charge in [0, 0.05) is 42.7 Å². The van der Waals surface area contributed by atoms with Gasteiger partial charge in [0.1, 0.15) is 11.8 Å². The molecule has 1 aromatic heterocycles. The van der Waals surface area contributed by atoms with E-state index in [1.54, 1.807) is 47.0 Å². The van der Waals surface area contributed by atoms with Crippen molar-refractivity contribution in [2.75, 3.05) is 11.9 Å². The first-order valence-corrected chi connectivity index (χ1v) is 8.38. The lowest BCUT2D eigenvalue weighted by molar-refractivity contribution is -0.384. The third-order valence-corrected chi connectivity index (χ3v) is 4.30. The van der Waals surface area contributed by atoms with E-state index in [1.165, 1.54) is 12.1 Å². The molecule has 0 aliphatic heterocycles. The molecule has 0 saturated heterocycles. The van der Waals surface area contributed by atoms with Crippen molar-refractivity contribution in [2.45, 2.75) is 6.10 Å². The van der Waals surface area contributed by atoms with Crippen molar-refractivity contribution in [1.29, 1.82) is 0 Å². The van der Waals surface area contributed by atoms with Crippen LogP contribution in [-0.2, 0) is 7.05 Å². The van der Waals surface area contributed by atoms with Gasteiger partial charge in [0.05, 0.1) is 4.92 Å². The lowest BCUT2D eigenvalue weighted by Gasteiger charge is -2.14. The molecule has 0 bridgehead atoms. The average Bonchev–Trinajstić information content (AvgIpc) is 3.12. The summed E-state index contributed by atoms with van der Waals surface area (Å²) in [6.45, 7) is 0.102. The number of nitro groups is 1. The fraction of sp³-hybridized carbons (Fsp3) is 0.150. The molecule has 7 nitrogen and oxygen atoms in total. The maximum absolute atomic E-state index is 12.5. The normalized spacial score (nSPS) is 11.8. The van der Waals surface area contributed by atoms with Crippen LogP contribution in [0.1, 0.15) is 27.7 Å². The molecule has 2 aromatic carbocycles. The van der Waals surface area contributed by atoms with Gasteiger partial charge in [-0.3, -0.25) is 14.9 Å². The van der Waals surface area contributed by atoms with Crippen LogP contribution in [0.3, 0.4) is 0 Å². The molecular weight excluding hydrogens is 346 g/mol. The lowest BCUT2D eigenvalue weighted by Crippen LogP contribution is -2.15. The molecule has 0 amide bonds. The second kappa shape index (κ2) is 7.84. The Morgan fingerprint density at radius 2 is 1.89 bits per heavy atom. The number of nitrogens with one attached hydrogen (secondary N) is 1. The second-order valence-electron chi connectivity index (χ2n) is 6.12. The molecule has 0 fully saturated rings. The summed E-state index contributed by atoms with van der Waals surface area (Å²) in [5.74, 6) is -0.283. The van der Waals surface area contributed by atoms with Crippen molar-refractivity contribution in [3.05, 3.63) is 93.8 Å². The van der Waals surface area contributed by atoms with Crippen molar-refractivity contribution < 1.29 is 14.8 Å². The summed E-state index contributed by atoms with van der Waals surface area (Å²) in [5, 5.41) is 24.6. The highest BCUT2D eigenvalue weighted by atomic mass is 16.6. The fourth-order valence-electron chi connectivity index (χ4n) is 2.86. The minimum absolute atomic E-state index is 0.102.